The van der Waals surface area contributed by atoms with E-state index in [0.717, 1.165) is 12.1 Å². The average Bonchev–Trinajstić information content (AvgIpc) is 3.10. The van der Waals surface area contributed by atoms with E-state index in [2.05, 4.69) is 0 Å². The van der Waals surface area contributed by atoms with Gasteiger partial charge in [0.2, 0.25) is 12.6 Å². The van der Waals surface area contributed by atoms with Gasteiger partial charge in [-0.25, -0.2) is 0 Å². The minimum atomic E-state index is -1.73. The van der Waals surface area contributed by atoms with Crippen molar-refractivity contribution in [3.8, 4) is 28.6 Å². The van der Waals surface area contributed by atoms with Crippen molar-refractivity contribution in [1.82, 2.24) is 0 Å². The lowest BCUT2D eigenvalue weighted by molar-refractivity contribution is -0.318. The largest absolute Gasteiger partial charge is 0.507 e. The number of hydrogen-bond acceptors (Lipinski definition) is 18. The van der Waals surface area contributed by atoms with Crippen LogP contribution in [0.4, 0.5) is 0 Å². The van der Waals surface area contributed by atoms with Gasteiger partial charge in [0.05, 0.1) is 18.8 Å². The fourth-order valence-corrected chi connectivity index (χ4v) is 6.02. The molecule has 3 aromatic rings. The Bertz CT molecular complexity index is 1720. The molecule has 18 heteroatoms. The topological polar surface area (TPSA) is 288 Å². The van der Waals surface area contributed by atoms with E-state index >= 15 is 0 Å². The predicted octanol–water partition coefficient (Wildman–Crippen LogP) is -2.60. The number of benzene rings is 2. The van der Waals surface area contributed by atoms with Gasteiger partial charge >= 0.3 is 0 Å². The average molecular weight is 725 g/mol. The quantitative estimate of drug-likeness (QED) is 0.114. The first kappa shape index (κ1) is 37.3. The lowest BCUT2D eigenvalue weighted by atomic mass is 9.98. The van der Waals surface area contributed by atoms with Crippen LogP contribution in [0.3, 0.4) is 0 Å². The van der Waals surface area contributed by atoms with Crippen molar-refractivity contribution in [1.29, 1.82) is 0 Å². The van der Waals surface area contributed by atoms with E-state index in [-0.39, 0.29) is 28.2 Å². The second kappa shape index (κ2) is 14.9. The van der Waals surface area contributed by atoms with Gasteiger partial charge in [0.1, 0.15) is 95.0 Å². The fourth-order valence-electron chi connectivity index (χ4n) is 6.02. The van der Waals surface area contributed by atoms with Gasteiger partial charge in [-0.3, -0.25) is 4.79 Å². The van der Waals surface area contributed by atoms with Crippen LogP contribution in [0.25, 0.3) is 22.3 Å². The van der Waals surface area contributed by atoms with E-state index in [4.69, 9.17) is 32.8 Å². The van der Waals surface area contributed by atoms with E-state index in [1.807, 2.05) is 0 Å². The number of phenolic OH excluding ortho intramolecular Hbond substituents is 1. The number of aromatic hydroxyl groups is 1. The lowest BCUT2D eigenvalue weighted by Crippen LogP contribution is -2.61. The maximum Gasteiger partial charge on any atom is 0.229 e. The Kier molecular flexibility index (Phi) is 10.9. The van der Waals surface area contributed by atoms with Crippen LogP contribution in [0.5, 0.6) is 17.2 Å². The van der Waals surface area contributed by atoms with E-state index in [1.54, 1.807) is 0 Å². The summed E-state index contributed by atoms with van der Waals surface area (Å²) in [6.07, 6.45) is -21.5. The van der Waals surface area contributed by atoms with Gasteiger partial charge in [0.15, 0.2) is 11.7 Å². The van der Waals surface area contributed by atoms with Crippen molar-refractivity contribution in [2.75, 3.05) is 6.61 Å². The molecule has 3 fully saturated rings. The molecule has 18 nitrogen and oxygen atoms in total. The Morgan fingerprint density at radius 1 is 0.608 bits per heavy atom. The fraction of sp³-hybridized carbons (Fsp3) is 0.545. The highest BCUT2D eigenvalue weighted by Gasteiger charge is 2.47. The van der Waals surface area contributed by atoms with Gasteiger partial charge in [-0.05, 0) is 38.1 Å². The van der Waals surface area contributed by atoms with Gasteiger partial charge in [-0.15, -0.1) is 0 Å². The molecule has 3 aliphatic rings. The maximum absolute atomic E-state index is 13.0. The standard InChI is InChI=1S/C33H40O18/c1-11-22(36)25(39)28(42)31(46-11)45-10-20-24(38)27(41)30(44)33(51-20)48-14-5-3-13(4-6-14)18-9-17(35)21-16(34)7-15(8-19(21)50-18)49-32-29(43)26(40)23(37)12(2)47-32/h3-9,11-12,20,22-34,36-44H,10H2,1-2H3/t11?,12?,20?,22-,23-,24+,25-,26-,27?,28?,29?,30?,31+,32-,33+/m0/s1. The molecule has 10 N–H and O–H groups in total. The first-order chi connectivity index (χ1) is 24.1. The van der Waals surface area contributed by atoms with Crippen molar-refractivity contribution < 1.29 is 83.9 Å². The second-order valence-corrected chi connectivity index (χ2v) is 12.8. The molecular formula is C33H40O18. The Morgan fingerprint density at radius 2 is 1.14 bits per heavy atom. The maximum atomic E-state index is 13.0. The second-order valence-electron chi connectivity index (χ2n) is 12.8. The third-order valence-electron chi connectivity index (χ3n) is 9.14. The van der Waals surface area contributed by atoms with E-state index in [0.29, 0.717) is 5.56 Å². The molecule has 280 valence electrons. The molecule has 6 rings (SSSR count). The number of rotatable bonds is 8. The SMILES string of the molecule is CC1O[C@@H](OCC2O[C@@H](Oc3ccc(-c4cc(=O)c5c(O)cc(O[C@@H]6OC(C)[C@H](O)[C@H](O)C6O)cc5o4)cc3)C(O)C(O)[C@@H]2O)C(O)[C@@H](O)[C@H]1O. The van der Waals surface area contributed by atoms with Crippen molar-refractivity contribution in [3.05, 3.63) is 52.7 Å². The summed E-state index contributed by atoms with van der Waals surface area (Å²) in [4.78, 5) is 13.0. The number of phenols is 1. The van der Waals surface area contributed by atoms with E-state index < -0.39 is 110 Å². The Balaban J connectivity index is 1.15. The van der Waals surface area contributed by atoms with Crippen LogP contribution in [0.1, 0.15) is 13.8 Å². The lowest BCUT2D eigenvalue weighted by Gasteiger charge is -2.42. The molecule has 4 heterocycles. The van der Waals surface area contributed by atoms with E-state index in [9.17, 15) is 55.9 Å². The highest BCUT2D eigenvalue weighted by atomic mass is 16.7. The number of aliphatic hydroxyl groups is 9. The molecule has 7 unspecified atom stereocenters. The normalized spacial score (nSPS) is 38.8. The van der Waals surface area contributed by atoms with Crippen LogP contribution in [-0.2, 0) is 18.9 Å². The van der Waals surface area contributed by atoms with Gasteiger partial charge in [0, 0.05) is 23.8 Å². The van der Waals surface area contributed by atoms with Gasteiger partial charge < -0.3 is 83.9 Å². The Labute approximate surface area is 288 Å². The van der Waals surface area contributed by atoms with Crippen LogP contribution in [0, 0.1) is 0 Å². The molecule has 0 aliphatic carbocycles. The summed E-state index contributed by atoms with van der Waals surface area (Å²) < 4.78 is 39.2. The predicted molar refractivity (Wildman–Crippen MR) is 168 cm³/mol. The molecule has 0 spiro atoms. The zero-order valence-corrected chi connectivity index (χ0v) is 27.1. The monoisotopic (exact) mass is 724 g/mol. The summed E-state index contributed by atoms with van der Waals surface area (Å²) >= 11 is 0. The molecule has 3 saturated heterocycles. The Morgan fingerprint density at radius 3 is 1.76 bits per heavy atom. The number of ether oxygens (including phenoxy) is 6. The molecule has 51 heavy (non-hydrogen) atoms. The summed E-state index contributed by atoms with van der Waals surface area (Å²) in [6, 6.07) is 9.44. The summed E-state index contributed by atoms with van der Waals surface area (Å²) in [5.41, 5.74) is -0.302. The van der Waals surface area contributed by atoms with Crippen molar-refractivity contribution in [3.63, 3.8) is 0 Å². The van der Waals surface area contributed by atoms with Crippen LogP contribution in [0.2, 0.25) is 0 Å². The Hall–Kier alpha value is -3.47. The highest BCUT2D eigenvalue weighted by molar-refractivity contribution is 5.86. The summed E-state index contributed by atoms with van der Waals surface area (Å²) in [5, 5.41) is 102. The zero-order chi connectivity index (χ0) is 36.9. The van der Waals surface area contributed by atoms with Gasteiger partial charge in [-0.2, -0.15) is 0 Å². The number of aliphatic hydroxyl groups excluding tert-OH is 9. The minimum absolute atomic E-state index is 0.0699. The zero-order valence-electron chi connectivity index (χ0n) is 27.1. The summed E-state index contributed by atoms with van der Waals surface area (Å²) in [6.45, 7) is 2.47. The molecule has 0 amide bonds. The highest BCUT2D eigenvalue weighted by Crippen LogP contribution is 2.34. The molecule has 1 aromatic heterocycles. The summed E-state index contributed by atoms with van der Waals surface area (Å²) in [7, 11) is 0. The van der Waals surface area contributed by atoms with Gasteiger partial charge in [0.25, 0.3) is 0 Å². The minimum Gasteiger partial charge on any atom is -0.507 e. The van der Waals surface area contributed by atoms with Gasteiger partial charge in [-0.1, -0.05) is 0 Å². The molecule has 0 saturated carbocycles. The van der Waals surface area contributed by atoms with Crippen molar-refractivity contribution in [2.45, 2.75) is 106 Å². The summed E-state index contributed by atoms with van der Waals surface area (Å²) in [5.74, 6) is -0.354. The van der Waals surface area contributed by atoms with Crippen LogP contribution >= 0.6 is 0 Å². The first-order valence-corrected chi connectivity index (χ1v) is 16.1. The molecule has 3 aliphatic heterocycles. The third kappa shape index (κ3) is 7.42. The molecule has 0 radical (unpaired) electrons. The molecule has 2 aromatic carbocycles. The van der Waals surface area contributed by atoms with Crippen molar-refractivity contribution in [2.24, 2.45) is 0 Å². The van der Waals surface area contributed by atoms with Crippen LogP contribution in [-0.4, -0.2) is 150 Å². The first-order valence-electron chi connectivity index (χ1n) is 16.1. The molecule has 0 bridgehead atoms. The number of fused-ring (bicyclic) bond motifs is 1. The molecular weight excluding hydrogens is 684 g/mol. The van der Waals surface area contributed by atoms with Crippen molar-refractivity contribution >= 4 is 11.0 Å². The third-order valence-corrected chi connectivity index (χ3v) is 9.14. The smallest absolute Gasteiger partial charge is 0.229 e. The van der Waals surface area contributed by atoms with Crippen LogP contribution in [0.15, 0.2) is 51.7 Å². The van der Waals surface area contributed by atoms with E-state index in [1.165, 1.54) is 44.2 Å². The number of hydrogen-bond donors (Lipinski definition) is 10. The van der Waals surface area contributed by atoms with Crippen LogP contribution < -0.4 is 14.9 Å². The molecule has 15 atom stereocenters.